The molecule has 1 saturated heterocycles. The molecule has 1 amide bonds. The third-order valence-corrected chi connectivity index (χ3v) is 3.51. The van der Waals surface area contributed by atoms with Crippen molar-refractivity contribution in [3.8, 4) is 0 Å². The second-order valence-electron chi connectivity index (χ2n) is 3.85. The van der Waals surface area contributed by atoms with E-state index in [9.17, 15) is 4.79 Å². The van der Waals surface area contributed by atoms with Gasteiger partial charge < -0.3 is 5.32 Å². The first-order valence-electron chi connectivity index (χ1n) is 5.62. The van der Waals surface area contributed by atoms with Gasteiger partial charge in [0.1, 0.15) is 0 Å². The van der Waals surface area contributed by atoms with Crippen LogP contribution in [0.15, 0.2) is 0 Å². The summed E-state index contributed by atoms with van der Waals surface area (Å²) < 4.78 is 2.31. The normalized spacial score (nSPS) is 19.1. The van der Waals surface area contributed by atoms with Gasteiger partial charge in [-0.05, 0) is 6.42 Å². The molecule has 1 rings (SSSR count). The van der Waals surface area contributed by atoms with E-state index in [0.29, 0.717) is 6.42 Å². The maximum Gasteiger partial charge on any atom is 0.220 e. The highest BCUT2D eigenvalue weighted by molar-refractivity contribution is 14.1. The lowest BCUT2D eigenvalue weighted by Crippen LogP contribution is -2.45. The van der Waals surface area contributed by atoms with Crippen molar-refractivity contribution in [1.82, 2.24) is 13.3 Å². The molecular formula is C10H20IN3O. The summed E-state index contributed by atoms with van der Waals surface area (Å²) in [5.41, 5.74) is 0. The summed E-state index contributed by atoms with van der Waals surface area (Å²) in [6.45, 7) is 8.30. The molecular weight excluding hydrogens is 305 g/mol. The van der Waals surface area contributed by atoms with E-state index in [1.165, 1.54) is 0 Å². The number of rotatable bonds is 5. The van der Waals surface area contributed by atoms with Gasteiger partial charge in [0.25, 0.3) is 0 Å². The van der Waals surface area contributed by atoms with E-state index in [1.807, 2.05) is 6.92 Å². The minimum atomic E-state index is 0.185. The number of nitrogens with one attached hydrogen (secondary N) is 1. The molecule has 4 nitrogen and oxygen atoms in total. The summed E-state index contributed by atoms with van der Waals surface area (Å²) in [5.74, 6) is 0.185. The molecule has 0 aromatic heterocycles. The van der Waals surface area contributed by atoms with Crippen molar-refractivity contribution in [3.63, 3.8) is 0 Å². The van der Waals surface area contributed by atoms with E-state index in [0.717, 1.165) is 45.7 Å². The summed E-state index contributed by atoms with van der Waals surface area (Å²) >= 11 is 2.36. The van der Waals surface area contributed by atoms with Gasteiger partial charge >= 0.3 is 0 Å². The smallest absolute Gasteiger partial charge is 0.220 e. The van der Waals surface area contributed by atoms with Gasteiger partial charge in [-0.25, -0.2) is 3.11 Å². The van der Waals surface area contributed by atoms with Gasteiger partial charge in [0.05, 0.1) is 0 Å². The molecule has 5 heteroatoms. The molecule has 0 saturated carbocycles. The maximum atomic E-state index is 11.2. The molecule has 0 atom stereocenters. The van der Waals surface area contributed by atoms with Gasteiger partial charge in [-0.1, -0.05) is 6.92 Å². The van der Waals surface area contributed by atoms with Crippen molar-refractivity contribution in [2.45, 2.75) is 19.8 Å². The molecule has 1 N–H and O–H groups in total. The van der Waals surface area contributed by atoms with Crippen LogP contribution in [0.4, 0.5) is 0 Å². The fourth-order valence-corrected chi connectivity index (χ4v) is 2.05. The number of carbonyl (C=O) groups excluding carboxylic acids is 1. The third-order valence-electron chi connectivity index (χ3n) is 2.54. The van der Waals surface area contributed by atoms with Gasteiger partial charge in [0, 0.05) is 68.6 Å². The Morgan fingerprint density at radius 1 is 1.33 bits per heavy atom. The third kappa shape index (κ3) is 5.67. The average molecular weight is 325 g/mol. The van der Waals surface area contributed by atoms with E-state index in [2.05, 4.69) is 36.2 Å². The van der Waals surface area contributed by atoms with Gasteiger partial charge in [-0.15, -0.1) is 0 Å². The highest BCUT2D eigenvalue weighted by Gasteiger charge is 2.13. The van der Waals surface area contributed by atoms with Crippen molar-refractivity contribution in [2.24, 2.45) is 0 Å². The topological polar surface area (TPSA) is 35.6 Å². The Hall–Kier alpha value is 0.120. The number of nitrogens with zero attached hydrogens (tertiary/aromatic N) is 2. The first kappa shape index (κ1) is 13.2. The summed E-state index contributed by atoms with van der Waals surface area (Å²) in [4.78, 5) is 13.6. The second-order valence-corrected chi connectivity index (χ2v) is 5.22. The lowest BCUT2D eigenvalue weighted by molar-refractivity contribution is -0.121. The van der Waals surface area contributed by atoms with E-state index < -0.39 is 0 Å². The Balaban J connectivity index is 2.02. The summed E-state index contributed by atoms with van der Waals surface area (Å²) in [6.07, 6.45) is 1.58. The largest absolute Gasteiger partial charge is 0.355 e. The molecule has 1 fully saturated rings. The predicted octanol–water partition coefficient (Wildman–Crippen LogP) is 0.870. The quantitative estimate of drug-likeness (QED) is 0.602. The highest BCUT2D eigenvalue weighted by atomic mass is 127. The zero-order chi connectivity index (χ0) is 11.1. The number of hydrogen-bond acceptors (Lipinski definition) is 3. The van der Waals surface area contributed by atoms with Gasteiger partial charge in [-0.2, -0.15) is 0 Å². The molecule has 0 aromatic carbocycles. The Labute approximate surface area is 106 Å². The molecule has 88 valence electrons. The van der Waals surface area contributed by atoms with Crippen LogP contribution in [0.5, 0.6) is 0 Å². The standard InChI is InChI=1S/C10H20IN3O/c1-2-3-10(15)12-4-5-13-6-8-14(11)9-7-13/h2-9H2,1H3,(H,12,15). The Bertz CT molecular complexity index is 193. The first-order chi connectivity index (χ1) is 7.22. The fourth-order valence-electron chi connectivity index (χ4n) is 1.62. The molecule has 0 bridgehead atoms. The van der Waals surface area contributed by atoms with Gasteiger partial charge in [-0.3, -0.25) is 9.69 Å². The number of amides is 1. The van der Waals surface area contributed by atoms with E-state index in [-0.39, 0.29) is 5.91 Å². The highest BCUT2D eigenvalue weighted by Crippen LogP contribution is 2.05. The lowest BCUT2D eigenvalue weighted by atomic mass is 10.3. The first-order valence-corrected chi connectivity index (χ1v) is 6.58. The number of halogens is 1. The van der Waals surface area contributed by atoms with Crippen LogP contribution in [0.1, 0.15) is 19.8 Å². The van der Waals surface area contributed by atoms with E-state index >= 15 is 0 Å². The maximum absolute atomic E-state index is 11.2. The van der Waals surface area contributed by atoms with Crippen LogP contribution in [0, 0.1) is 0 Å². The monoisotopic (exact) mass is 325 g/mol. The van der Waals surface area contributed by atoms with E-state index in [4.69, 9.17) is 0 Å². The minimum Gasteiger partial charge on any atom is -0.355 e. The lowest BCUT2D eigenvalue weighted by Gasteiger charge is -2.30. The number of piperazine rings is 1. The Morgan fingerprint density at radius 2 is 2.00 bits per heavy atom. The molecule has 0 spiro atoms. The van der Waals surface area contributed by atoms with Crippen LogP contribution >= 0.6 is 22.9 Å². The number of hydrogen-bond donors (Lipinski definition) is 1. The molecule has 0 radical (unpaired) electrons. The van der Waals surface area contributed by atoms with Gasteiger partial charge in [0.2, 0.25) is 5.91 Å². The van der Waals surface area contributed by atoms with E-state index in [1.54, 1.807) is 0 Å². The Kier molecular flexibility index (Phi) is 6.51. The van der Waals surface area contributed by atoms with Crippen molar-refractivity contribution in [2.75, 3.05) is 39.3 Å². The molecule has 1 aliphatic rings. The second kappa shape index (κ2) is 7.40. The SMILES string of the molecule is CCCC(=O)NCCN1CCN(I)CC1. The molecule has 1 aliphatic heterocycles. The average Bonchev–Trinajstić information content (AvgIpc) is 2.21. The summed E-state index contributed by atoms with van der Waals surface area (Å²) in [6, 6.07) is 0. The minimum absolute atomic E-state index is 0.185. The zero-order valence-electron chi connectivity index (χ0n) is 9.34. The molecule has 1 heterocycles. The van der Waals surface area contributed by atoms with Crippen LogP contribution in [-0.2, 0) is 4.79 Å². The summed E-state index contributed by atoms with van der Waals surface area (Å²) in [7, 11) is 0. The van der Waals surface area contributed by atoms with Crippen LogP contribution in [-0.4, -0.2) is 53.2 Å². The summed E-state index contributed by atoms with van der Waals surface area (Å²) in [5, 5.41) is 2.95. The molecule has 0 unspecified atom stereocenters. The van der Waals surface area contributed by atoms with Crippen molar-refractivity contribution >= 4 is 28.8 Å². The van der Waals surface area contributed by atoms with Crippen LogP contribution in [0.2, 0.25) is 0 Å². The van der Waals surface area contributed by atoms with Crippen LogP contribution in [0.3, 0.4) is 0 Å². The number of carbonyl (C=O) groups is 1. The van der Waals surface area contributed by atoms with Crippen molar-refractivity contribution in [1.29, 1.82) is 0 Å². The van der Waals surface area contributed by atoms with Crippen molar-refractivity contribution < 1.29 is 4.79 Å². The Morgan fingerprint density at radius 3 is 2.60 bits per heavy atom. The van der Waals surface area contributed by atoms with Gasteiger partial charge in [0.15, 0.2) is 0 Å². The van der Waals surface area contributed by atoms with Crippen LogP contribution in [0.25, 0.3) is 0 Å². The van der Waals surface area contributed by atoms with Crippen LogP contribution < -0.4 is 5.32 Å². The molecule has 15 heavy (non-hydrogen) atoms. The predicted molar refractivity (Wildman–Crippen MR) is 70.0 cm³/mol. The fraction of sp³-hybridized carbons (Fsp3) is 0.900. The molecule has 0 aliphatic carbocycles. The van der Waals surface area contributed by atoms with Crippen molar-refractivity contribution in [3.05, 3.63) is 0 Å². The molecule has 0 aromatic rings. The zero-order valence-corrected chi connectivity index (χ0v) is 11.5.